The van der Waals surface area contributed by atoms with E-state index in [-0.39, 0.29) is 5.75 Å². The molecule has 0 aliphatic carbocycles. The zero-order valence-corrected chi connectivity index (χ0v) is 11.3. The molecule has 0 unspecified atom stereocenters. The van der Waals surface area contributed by atoms with E-state index in [1.165, 1.54) is 5.56 Å². The van der Waals surface area contributed by atoms with Crippen LogP contribution in [0.5, 0.6) is 5.75 Å². The number of hydrogen-bond donors (Lipinski definition) is 2. The quantitative estimate of drug-likeness (QED) is 0.629. The Morgan fingerprint density at radius 2 is 1.89 bits per heavy atom. The van der Waals surface area contributed by atoms with Crippen molar-refractivity contribution in [2.24, 2.45) is 0 Å². The molecule has 1 aromatic carbocycles. The molecule has 18 heavy (non-hydrogen) atoms. The average Bonchev–Trinajstić information content (AvgIpc) is 2.34. The standard InChI is InChI=1S/C14H23N3O/c1-11(2)17-7-5-16(6-8-17)10-12-3-4-14(18)13(15)9-12/h3-4,9,11,18H,5-8,10,15H2,1-2H3. The Bertz CT molecular complexity index is 398. The summed E-state index contributed by atoms with van der Waals surface area (Å²) in [5.41, 5.74) is 7.35. The number of piperazine rings is 1. The van der Waals surface area contributed by atoms with Crippen LogP contribution in [-0.2, 0) is 6.54 Å². The lowest BCUT2D eigenvalue weighted by molar-refractivity contribution is 0.104. The second-order valence-electron chi connectivity index (χ2n) is 5.30. The second kappa shape index (κ2) is 5.59. The maximum Gasteiger partial charge on any atom is 0.138 e. The monoisotopic (exact) mass is 249 g/mol. The van der Waals surface area contributed by atoms with Gasteiger partial charge in [0.05, 0.1) is 5.69 Å². The summed E-state index contributed by atoms with van der Waals surface area (Å²) in [5, 5.41) is 9.40. The third kappa shape index (κ3) is 3.15. The molecule has 0 radical (unpaired) electrons. The third-order valence-corrected chi connectivity index (χ3v) is 3.64. The molecule has 0 amide bonds. The number of aromatic hydroxyl groups is 1. The molecule has 2 rings (SSSR count). The Morgan fingerprint density at radius 3 is 2.44 bits per heavy atom. The van der Waals surface area contributed by atoms with Crippen LogP contribution in [0, 0.1) is 0 Å². The van der Waals surface area contributed by atoms with E-state index in [0.29, 0.717) is 11.7 Å². The van der Waals surface area contributed by atoms with Gasteiger partial charge in [0.15, 0.2) is 0 Å². The number of nitrogen functional groups attached to an aromatic ring is 1. The van der Waals surface area contributed by atoms with E-state index in [4.69, 9.17) is 5.73 Å². The molecule has 4 heteroatoms. The molecule has 1 fully saturated rings. The van der Waals surface area contributed by atoms with Crippen molar-refractivity contribution in [1.82, 2.24) is 9.80 Å². The maximum atomic E-state index is 9.40. The SMILES string of the molecule is CC(C)N1CCN(Cc2ccc(O)c(N)c2)CC1. The zero-order chi connectivity index (χ0) is 13.1. The number of rotatable bonds is 3. The molecular formula is C14H23N3O. The Kier molecular flexibility index (Phi) is 4.09. The van der Waals surface area contributed by atoms with Gasteiger partial charge in [0.25, 0.3) is 0 Å². The van der Waals surface area contributed by atoms with Crippen molar-refractivity contribution in [3.05, 3.63) is 23.8 Å². The maximum absolute atomic E-state index is 9.40. The van der Waals surface area contributed by atoms with Crippen molar-refractivity contribution in [2.75, 3.05) is 31.9 Å². The number of nitrogens with zero attached hydrogens (tertiary/aromatic N) is 2. The fraction of sp³-hybridized carbons (Fsp3) is 0.571. The van der Waals surface area contributed by atoms with E-state index in [1.807, 2.05) is 12.1 Å². The van der Waals surface area contributed by atoms with Crippen LogP contribution >= 0.6 is 0 Å². The van der Waals surface area contributed by atoms with Crippen molar-refractivity contribution in [2.45, 2.75) is 26.4 Å². The summed E-state index contributed by atoms with van der Waals surface area (Å²) in [6, 6.07) is 6.12. The number of hydrogen-bond acceptors (Lipinski definition) is 4. The number of phenols is 1. The van der Waals surface area contributed by atoms with Crippen LogP contribution in [-0.4, -0.2) is 47.1 Å². The van der Waals surface area contributed by atoms with Gasteiger partial charge in [-0.3, -0.25) is 9.80 Å². The van der Waals surface area contributed by atoms with Gasteiger partial charge in [0.2, 0.25) is 0 Å². The van der Waals surface area contributed by atoms with Crippen molar-refractivity contribution >= 4 is 5.69 Å². The van der Waals surface area contributed by atoms with E-state index < -0.39 is 0 Å². The molecular weight excluding hydrogens is 226 g/mol. The summed E-state index contributed by atoms with van der Waals surface area (Å²) in [5.74, 6) is 0.170. The van der Waals surface area contributed by atoms with E-state index in [9.17, 15) is 5.11 Å². The van der Waals surface area contributed by atoms with Gasteiger partial charge in [-0.1, -0.05) is 6.07 Å². The minimum atomic E-state index is 0.170. The molecule has 1 saturated heterocycles. The molecule has 1 aliphatic rings. The van der Waals surface area contributed by atoms with Gasteiger partial charge in [-0.15, -0.1) is 0 Å². The predicted molar refractivity (Wildman–Crippen MR) is 74.5 cm³/mol. The molecule has 0 atom stereocenters. The number of anilines is 1. The van der Waals surface area contributed by atoms with Crippen molar-refractivity contribution in [3.8, 4) is 5.75 Å². The average molecular weight is 249 g/mol. The minimum Gasteiger partial charge on any atom is -0.506 e. The topological polar surface area (TPSA) is 52.7 Å². The van der Waals surface area contributed by atoms with Crippen LogP contribution < -0.4 is 5.73 Å². The van der Waals surface area contributed by atoms with Gasteiger partial charge in [0, 0.05) is 38.8 Å². The van der Waals surface area contributed by atoms with Crippen molar-refractivity contribution in [1.29, 1.82) is 0 Å². The largest absolute Gasteiger partial charge is 0.506 e. The summed E-state index contributed by atoms with van der Waals surface area (Å²) in [7, 11) is 0. The molecule has 1 aromatic rings. The van der Waals surface area contributed by atoms with Crippen LogP contribution in [0.15, 0.2) is 18.2 Å². The highest BCUT2D eigenvalue weighted by Gasteiger charge is 2.18. The first-order chi connectivity index (χ1) is 8.56. The number of nitrogens with two attached hydrogens (primary N) is 1. The summed E-state index contributed by atoms with van der Waals surface area (Å²) in [6.07, 6.45) is 0. The lowest BCUT2D eigenvalue weighted by Gasteiger charge is -2.36. The first kappa shape index (κ1) is 13.2. The normalized spacial score (nSPS) is 18.4. The van der Waals surface area contributed by atoms with E-state index in [1.54, 1.807) is 6.07 Å². The summed E-state index contributed by atoms with van der Waals surface area (Å²) in [4.78, 5) is 4.94. The van der Waals surface area contributed by atoms with Crippen LogP contribution in [0.1, 0.15) is 19.4 Å². The van der Waals surface area contributed by atoms with Gasteiger partial charge >= 0.3 is 0 Å². The summed E-state index contributed by atoms with van der Waals surface area (Å²) < 4.78 is 0. The van der Waals surface area contributed by atoms with Gasteiger partial charge in [0.1, 0.15) is 5.75 Å². The third-order valence-electron chi connectivity index (χ3n) is 3.64. The first-order valence-corrected chi connectivity index (χ1v) is 6.60. The Labute approximate surface area is 109 Å². The second-order valence-corrected chi connectivity index (χ2v) is 5.30. The van der Waals surface area contributed by atoms with Gasteiger partial charge in [-0.2, -0.15) is 0 Å². The molecule has 0 saturated carbocycles. The van der Waals surface area contributed by atoms with Gasteiger partial charge < -0.3 is 10.8 Å². The lowest BCUT2D eigenvalue weighted by atomic mass is 10.1. The Morgan fingerprint density at radius 1 is 1.22 bits per heavy atom. The van der Waals surface area contributed by atoms with E-state index in [0.717, 1.165) is 32.7 Å². The highest BCUT2D eigenvalue weighted by molar-refractivity contribution is 5.53. The molecule has 100 valence electrons. The molecule has 4 nitrogen and oxygen atoms in total. The van der Waals surface area contributed by atoms with Gasteiger partial charge in [-0.05, 0) is 31.5 Å². The summed E-state index contributed by atoms with van der Waals surface area (Å²) >= 11 is 0. The first-order valence-electron chi connectivity index (χ1n) is 6.60. The van der Waals surface area contributed by atoms with Crippen LogP contribution in [0.3, 0.4) is 0 Å². The fourth-order valence-electron chi connectivity index (χ4n) is 2.40. The predicted octanol–water partition coefficient (Wildman–Crippen LogP) is 1.50. The van der Waals surface area contributed by atoms with Crippen molar-refractivity contribution < 1.29 is 5.11 Å². The molecule has 3 N–H and O–H groups in total. The fourth-order valence-corrected chi connectivity index (χ4v) is 2.40. The van der Waals surface area contributed by atoms with E-state index in [2.05, 4.69) is 23.6 Å². The highest BCUT2D eigenvalue weighted by Crippen LogP contribution is 2.21. The lowest BCUT2D eigenvalue weighted by Crippen LogP contribution is -2.48. The molecule has 1 aliphatic heterocycles. The molecule has 0 bridgehead atoms. The molecule has 1 heterocycles. The van der Waals surface area contributed by atoms with Crippen molar-refractivity contribution in [3.63, 3.8) is 0 Å². The highest BCUT2D eigenvalue weighted by atomic mass is 16.3. The Hall–Kier alpha value is -1.26. The number of benzene rings is 1. The van der Waals surface area contributed by atoms with Crippen LogP contribution in [0.25, 0.3) is 0 Å². The molecule has 0 aromatic heterocycles. The smallest absolute Gasteiger partial charge is 0.138 e. The van der Waals surface area contributed by atoms with Crippen LogP contribution in [0.2, 0.25) is 0 Å². The number of phenolic OH excluding ortho intramolecular Hbond substituents is 1. The van der Waals surface area contributed by atoms with E-state index >= 15 is 0 Å². The van der Waals surface area contributed by atoms with Crippen LogP contribution in [0.4, 0.5) is 5.69 Å². The minimum absolute atomic E-state index is 0.170. The summed E-state index contributed by atoms with van der Waals surface area (Å²) in [6.45, 7) is 9.86. The van der Waals surface area contributed by atoms with Gasteiger partial charge in [-0.25, -0.2) is 0 Å². The molecule has 0 spiro atoms. The zero-order valence-electron chi connectivity index (χ0n) is 11.3. The Balaban J connectivity index is 1.89.